The van der Waals surface area contributed by atoms with Gasteiger partial charge in [0.25, 0.3) is 0 Å². The van der Waals surface area contributed by atoms with E-state index in [-0.39, 0.29) is 0 Å². The fourth-order valence-corrected chi connectivity index (χ4v) is 12.7. The fourth-order valence-electron chi connectivity index (χ4n) is 4.40. The molecule has 0 nitrogen and oxygen atoms in total. The average molecular weight is 435 g/mol. The predicted molar refractivity (Wildman–Crippen MR) is 145 cm³/mol. The van der Waals surface area contributed by atoms with E-state index < -0.39 is 14.5 Å². The second kappa shape index (κ2) is 18.6. The minimum atomic E-state index is -0.933. The maximum atomic E-state index is 2.68. The molecule has 0 rings (SSSR count). The van der Waals surface area contributed by atoms with E-state index in [9.17, 15) is 0 Å². The van der Waals surface area contributed by atoms with Gasteiger partial charge in [-0.05, 0) is 0 Å². The van der Waals surface area contributed by atoms with Gasteiger partial charge in [0.2, 0.25) is 0 Å². The topological polar surface area (TPSA) is 0 Å². The van der Waals surface area contributed by atoms with Gasteiger partial charge in [0.05, 0.1) is 0 Å². The van der Waals surface area contributed by atoms with Crippen LogP contribution < -0.4 is 0 Å². The van der Waals surface area contributed by atoms with Crippen molar-refractivity contribution in [3.63, 3.8) is 0 Å². The Hall–Kier alpha value is 0.860. The van der Waals surface area contributed by atoms with Crippen molar-refractivity contribution >= 4 is 14.5 Å². The van der Waals surface area contributed by atoms with E-state index in [1.54, 1.807) is 24.6 Å². The summed E-state index contributed by atoms with van der Waals surface area (Å²) in [6.45, 7) is 15.3. The third-order valence-corrected chi connectivity index (χ3v) is 14.0. The molecule has 0 N–H and O–H groups in total. The zero-order valence-electron chi connectivity index (χ0n) is 21.1. The second-order valence-corrected chi connectivity index (χ2v) is 21.9. The van der Waals surface area contributed by atoms with Gasteiger partial charge in [-0.15, -0.1) is 0 Å². The fraction of sp³-hybridized carbons (Fsp3) is 1.00. The molecule has 0 unspecified atom stereocenters. The van der Waals surface area contributed by atoms with E-state index in [1.165, 1.54) is 103 Å². The van der Waals surface area contributed by atoms with Gasteiger partial charge >= 0.3 is 182 Å². The van der Waals surface area contributed by atoms with Crippen LogP contribution >= 0.6 is 14.5 Å². The third kappa shape index (κ3) is 20.1. The molecule has 0 aliphatic heterocycles. The van der Waals surface area contributed by atoms with Gasteiger partial charge in [-0.25, -0.2) is 0 Å². The molecule has 0 bridgehead atoms. The predicted octanol–water partition coefficient (Wildman–Crippen LogP) is 9.29. The summed E-state index contributed by atoms with van der Waals surface area (Å²) in [6.07, 6.45) is 29.9. The zero-order chi connectivity index (χ0) is 21.1. The van der Waals surface area contributed by atoms with Gasteiger partial charge in [-0.2, -0.15) is 0 Å². The number of hydrogen-bond acceptors (Lipinski definition) is 0. The van der Waals surface area contributed by atoms with Crippen molar-refractivity contribution in [3.8, 4) is 0 Å². The normalized spacial score (nSPS) is 13.8. The summed E-state index contributed by atoms with van der Waals surface area (Å²) in [5, 5.41) is 0. The standard InChI is InChI=1S/C26H60P2/c1-7-9-11-13-15-17-19-21-23-27(3,4)25-26-28(5,6)24-22-20-18-16-14-12-10-8-2/h27-28H,7-26H2,1-6H3. The second-order valence-electron chi connectivity index (χ2n) is 11.3. The zero-order valence-corrected chi connectivity index (χ0v) is 23.1. The molecule has 2 heteroatoms. The maximum absolute atomic E-state index is 2.68. The Morgan fingerprint density at radius 3 is 0.857 bits per heavy atom. The van der Waals surface area contributed by atoms with Crippen LogP contribution in [-0.4, -0.2) is 51.3 Å². The molecule has 0 aliphatic rings. The molecule has 0 atom stereocenters. The first kappa shape index (κ1) is 28.9. The molecule has 0 radical (unpaired) electrons. The molecule has 0 aromatic rings. The summed E-state index contributed by atoms with van der Waals surface area (Å²) in [6, 6.07) is 0. The summed E-state index contributed by atoms with van der Waals surface area (Å²) in [4.78, 5) is 0. The van der Waals surface area contributed by atoms with Crippen LogP contribution in [0.4, 0.5) is 0 Å². The Balaban J connectivity index is 3.69. The molecule has 0 heterocycles. The van der Waals surface area contributed by atoms with Crippen LogP contribution in [0.25, 0.3) is 0 Å². The Kier molecular flexibility index (Phi) is 19.2. The number of hydrogen-bond donors (Lipinski definition) is 0. The molecule has 0 aromatic heterocycles. The van der Waals surface area contributed by atoms with E-state index in [2.05, 4.69) is 40.5 Å². The molecule has 0 aromatic carbocycles. The van der Waals surface area contributed by atoms with Crippen LogP contribution in [0.2, 0.25) is 0 Å². The summed E-state index contributed by atoms with van der Waals surface area (Å²) in [5.41, 5.74) is 0. The van der Waals surface area contributed by atoms with E-state index in [4.69, 9.17) is 0 Å². The first-order valence-corrected chi connectivity index (χ1v) is 20.2. The van der Waals surface area contributed by atoms with Gasteiger partial charge in [-0.1, -0.05) is 0 Å². The van der Waals surface area contributed by atoms with Crippen molar-refractivity contribution in [2.75, 3.05) is 51.3 Å². The number of rotatable bonds is 21. The van der Waals surface area contributed by atoms with Gasteiger partial charge in [0.1, 0.15) is 0 Å². The Labute approximate surface area is 182 Å². The van der Waals surface area contributed by atoms with E-state index in [1.807, 2.05) is 0 Å². The molecule has 0 fully saturated rings. The molecule has 0 saturated heterocycles. The summed E-state index contributed by atoms with van der Waals surface area (Å²) in [5.74, 6) is 0. The van der Waals surface area contributed by atoms with Gasteiger partial charge in [0, 0.05) is 0 Å². The van der Waals surface area contributed by atoms with Crippen molar-refractivity contribution in [2.24, 2.45) is 0 Å². The van der Waals surface area contributed by atoms with Gasteiger partial charge < -0.3 is 0 Å². The minimum absolute atomic E-state index is 0.933. The van der Waals surface area contributed by atoms with E-state index in [0.29, 0.717) is 0 Å². The monoisotopic (exact) mass is 434 g/mol. The van der Waals surface area contributed by atoms with Crippen LogP contribution in [0, 0.1) is 0 Å². The third-order valence-electron chi connectivity index (χ3n) is 6.89. The molecule has 0 aliphatic carbocycles. The molecule has 0 spiro atoms. The molecular formula is C26H60P2. The van der Waals surface area contributed by atoms with Crippen molar-refractivity contribution in [3.05, 3.63) is 0 Å². The first-order valence-electron chi connectivity index (χ1n) is 13.3. The Bertz CT molecular complexity index is 290. The van der Waals surface area contributed by atoms with Crippen molar-refractivity contribution in [1.82, 2.24) is 0 Å². The van der Waals surface area contributed by atoms with Crippen molar-refractivity contribution < 1.29 is 0 Å². The van der Waals surface area contributed by atoms with Crippen LogP contribution in [0.15, 0.2) is 0 Å². The average Bonchev–Trinajstić information content (AvgIpc) is 2.65. The molecule has 174 valence electrons. The van der Waals surface area contributed by atoms with Gasteiger partial charge in [0.15, 0.2) is 0 Å². The van der Waals surface area contributed by atoms with Crippen molar-refractivity contribution in [2.45, 2.75) is 117 Å². The van der Waals surface area contributed by atoms with E-state index >= 15 is 0 Å². The van der Waals surface area contributed by atoms with Crippen LogP contribution in [-0.2, 0) is 0 Å². The summed E-state index contributed by atoms with van der Waals surface area (Å²) < 4.78 is 0. The Morgan fingerprint density at radius 2 is 0.571 bits per heavy atom. The van der Waals surface area contributed by atoms with Crippen LogP contribution in [0.5, 0.6) is 0 Å². The van der Waals surface area contributed by atoms with Gasteiger partial charge in [-0.3, -0.25) is 0 Å². The van der Waals surface area contributed by atoms with Crippen molar-refractivity contribution in [1.29, 1.82) is 0 Å². The Morgan fingerprint density at radius 1 is 0.321 bits per heavy atom. The SMILES string of the molecule is CCCCCCCCCC[PH](C)(C)CC[PH](C)(C)CCCCCCCCCC. The van der Waals surface area contributed by atoms with E-state index in [0.717, 1.165) is 0 Å². The summed E-state index contributed by atoms with van der Waals surface area (Å²) >= 11 is 0. The molecule has 0 saturated carbocycles. The number of unbranched alkanes of at least 4 members (excludes halogenated alkanes) is 14. The molecule has 28 heavy (non-hydrogen) atoms. The molecular weight excluding hydrogens is 374 g/mol. The quantitative estimate of drug-likeness (QED) is 0.125. The molecule has 0 amide bonds. The first-order chi connectivity index (χ1) is 13.3. The van der Waals surface area contributed by atoms with Crippen LogP contribution in [0.3, 0.4) is 0 Å². The van der Waals surface area contributed by atoms with Crippen LogP contribution in [0.1, 0.15) is 117 Å². The summed E-state index contributed by atoms with van der Waals surface area (Å²) in [7, 11) is -1.87.